The highest BCUT2D eigenvalue weighted by molar-refractivity contribution is 8.00. The number of carbonyl (C=O) groups is 2. The van der Waals surface area contributed by atoms with Crippen molar-refractivity contribution in [3.05, 3.63) is 24.3 Å². The largest absolute Gasteiger partial charge is 0.508 e. The molecule has 0 aliphatic carbocycles. The van der Waals surface area contributed by atoms with Crippen LogP contribution in [0.3, 0.4) is 0 Å². The minimum atomic E-state index is -0.923. The molecule has 1 amide bonds. The summed E-state index contributed by atoms with van der Waals surface area (Å²) < 4.78 is 0. The molecule has 1 atom stereocenters. The molecule has 6 heteroatoms. The average Bonchev–Trinajstić information content (AvgIpc) is 2.46. The summed E-state index contributed by atoms with van der Waals surface area (Å²) in [4.78, 5) is 25.6. The van der Waals surface area contributed by atoms with Gasteiger partial charge in [-0.05, 0) is 43.5 Å². The number of carboxylic acids is 1. The lowest BCUT2D eigenvalue weighted by molar-refractivity contribution is -0.150. The third-order valence-corrected chi connectivity index (χ3v) is 4.30. The van der Waals surface area contributed by atoms with Crippen molar-refractivity contribution >= 4 is 23.6 Å². The van der Waals surface area contributed by atoms with Gasteiger partial charge in [-0.15, -0.1) is 11.8 Å². The zero-order valence-electron chi connectivity index (χ0n) is 11.0. The Balaban J connectivity index is 1.93. The summed E-state index contributed by atoms with van der Waals surface area (Å²) in [6.45, 7) is 0.520. The Morgan fingerprint density at radius 2 is 1.95 bits per heavy atom. The molecule has 0 aromatic heterocycles. The zero-order valence-corrected chi connectivity index (χ0v) is 11.8. The molecule has 1 saturated heterocycles. The molecule has 0 bridgehead atoms. The number of likely N-dealkylation sites (tertiary alicyclic amines) is 1. The number of phenolic OH excluding ortho intramolecular Hbond substituents is 1. The van der Waals surface area contributed by atoms with Crippen LogP contribution in [0.15, 0.2) is 29.2 Å². The van der Waals surface area contributed by atoms with E-state index in [1.165, 1.54) is 16.7 Å². The molecule has 1 heterocycles. The monoisotopic (exact) mass is 295 g/mol. The molecule has 0 spiro atoms. The summed E-state index contributed by atoms with van der Waals surface area (Å²) in [5, 5.41) is 18.3. The number of nitrogens with zero attached hydrogens (tertiary/aromatic N) is 1. The summed E-state index contributed by atoms with van der Waals surface area (Å²) in [5.74, 6) is -0.667. The molecular formula is C14H17NO4S. The normalized spacial score (nSPS) is 18.8. The fourth-order valence-corrected chi connectivity index (χ4v) is 3.04. The third kappa shape index (κ3) is 3.66. The molecule has 2 N–H and O–H groups in total. The molecule has 2 rings (SSSR count). The second kappa shape index (κ2) is 6.65. The highest BCUT2D eigenvalue weighted by Gasteiger charge is 2.31. The number of amides is 1. The smallest absolute Gasteiger partial charge is 0.326 e. The van der Waals surface area contributed by atoms with Gasteiger partial charge < -0.3 is 15.1 Å². The van der Waals surface area contributed by atoms with E-state index in [1.54, 1.807) is 24.3 Å². The van der Waals surface area contributed by atoms with E-state index in [0.717, 1.165) is 17.7 Å². The molecular weight excluding hydrogens is 278 g/mol. The molecule has 1 aromatic rings. The van der Waals surface area contributed by atoms with Crippen LogP contribution in [0.2, 0.25) is 0 Å². The molecule has 1 aliphatic rings. The van der Waals surface area contributed by atoms with Crippen molar-refractivity contribution in [2.45, 2.75) is 30.2 Å². The highest BCUT2D eigenvalue weighted by Crippen LogP contribution is 2.23. The maximum atomic E-state index is 12.1. The second-order valence-corrected chi connectivity index (χ2v) is 5.77. The maximum absolute atomic E-state index is 12.1. The van der Waals surface area contributed by atoms with Gasteiger partial charge >= 0.3 is 5.97 Å². The van der Waals surface area contributed by atoms with E-state index in [0.29, 0.717) is 13.0 Å². The van der Waals surface area contributed by atoms with E-state index in [1.807, 2.05) is 0 Å². The standard InChI is InChI=1S/C14H17NO4S/c16-10-4-6-11(7-5-10)20-9-13(17)15-8-2-1-3-12(15)14(18)19/h4-7,12,16H,1-3,8-9H2,(H,18,19). The Kier molecular flexibility index (Phi) is 4.89. The lowest BCUT2D eigenvalue weighted by Crippen LogP contribution is -2.48. The Labute approximate surface area is 121 Å². The fraction of sp³-hybridized carbons (Fsp3) is 0.429. The van der Waals surface area contributed by atoms with E-state index >= 15 is 0 Å². The first kappa shape index (κ1) is 14.7. The van der Waals surface area contributed by atoms with Crippen molar-refractivity contribution in [2.24, 2.45) is 0 Å². The highest BCUT2D eigenvalue weighted by atomic mass is 32.2. The van der Waals surface area contributed by atoms with Crippen molar-refractivity contribution < 1.29 is 19.8 Å². The molecule has 108 valence electrons. The van der Waals surface area contributed by atoms with Crippen LogP contribution >= 0.6 is 11.8 Å². The van der Waals surface area contributed by atoms with Gasteiger partial charge in [0.1, 0.15) is 11.8 Å². The number of carbonyl (C=O) groups excluding carboxylic acids is 1. The summed E-state index contributed by atoms with van der Waals surface area (Å²) in [7, 11) is 0. The number of carboxylic acid groups (broad SMARTS) is 1. The number of aromatic hydroxyl groups is 1. The van der Waals surface area contributed by atoms with Crippen molar-refractivity contribution in [3.63, 3.8) is 0 Å². The Morgan fingerprint density at radius 3 is 2.60 bits per heavy atom. The number of rotatable bonds is 4. The lowest BCUT2D eigenvalue weighted by Gasteiger charge is -2.32. The van der Waals surface area contributed by atoms with Gasteiger partial charge in [0.15, 0.2) is 0 Å². The average molecular weight is 295 g/mol. The molecule has 1 unspecified atom stereocenters. The van der Waals surface area contributed by atoms with Crippen LogP contribution in [0.25, 0.3) is 0 Å². The number of thioether (sulfide) groups is 1. The van der Waals surface area contributed by atoms with Crippen LogP contribution in [0, 0.1) is 0 Å². The minimum Gasteiger partial charge on any atom is -0.508 e. The predicted octanol–water partition coefficient (Wildman–Crippen LogP) is 1.95. The molecule has 1 aliphatic heterocycles. The van der Waals surface area contributed by atoms with Crippen molar-refractivity contribution in [1.29, 1.82) is 0 Å². The number of benzene rings is 1. The van der Waals surface area contributed by atoms with Gasteiger partial charge in [0.05, 0.1) is 5.75 Å². The van der Waals surface area contributed by atoms with Crippen LogP contribution in [0.4, 0.5) is 0 Å². The van der Waals surface area contributed by atoms with E-state index in [-0.39, 0.29) is 17.4 Å². The summed E-state index contributed by atoms with van der Waals surface area (Å²) in [5.41, 5.74) is 0. The van der Waals surface area contributed by atoms with E-state index in [9.17, 15) is 14.7 Å². The quantitative estimate of drug-likeness (QED) is 0.830. The van der Waals surface area contributed by atoms with Gasteiger partial charge in [-0.3, -0.25) is 4.79 Å². The Bertz CT molecular complexity index is 488. The summed E-state index contributed by atoms with van der Waals surface area (Å²) in [6, 6.07) is 5.91. The van der Waals surface area contributed by atoms with Gasteiger partial charge in [0.2, 0.25) is 5.91 Å². The first-order chi connectivity index (χ1) is 9.58. The van der Waals surface area contributed by atoms with E-state index < -0.39 is 12.0 Å². The van der Waals surface area contributed by atoms with Gasteiger partial charge in [0.25, 0.3) is 0 Å². The second-order valence-electron chi connectivity index (χ2n) is 4.72. The molecule has 5 nitrogen and oxygen atoms in total. The lowest BCUT2D eigenvalue weighted by atomic mass is 10.0. The van der Waals surface area contributed by atoms with Crippen molar-refractivity contribution in [2.75, 3.05) is 12.3 Å². The first-order valence-electron chi connectivity index (χ1n) is 6.52. The topological polar surface area (TPSA) is 77.8 Å². The molecule has 0 radical (unpaired) electrons. The number of hydrogen-bond donors (Lipinski definition) is 2. The first-order valence-corrected chi connectivity index (χ1v) is 7.50. The van der Waals surface area contributed by atoms with E-state index in [4.69, 9.17) is 5.11 Å². The number of piperidine rings is 1. The van der Waals surface area contributed by atoms with Crippen LogP contribution in [0.1, 0.15) is 19.3 Å². The van der Waals surface area contributed by atoms with Gasteiger partial charge in [-0.2, -0.15) is 0 Å². The van der Waals surface area contributed by atoms with Crippen molar-refractivity contribution in [1.82, 2.24) is 4.90 Å². The van der Waals surface area contributed by atoms with Gasteiger partial charge in [-0.25, -0.2) is 4.79 Å². The number of aliphatic carboxylic acids is 1. The van der Waals surface area contributed by atoms with E-state index in [2.05, 4.69) is 0 Å². The zero-order chi connectivity index (χ0) is 14.5. The van der Waals surface area contributed by atoms with Crippen LogP contribution in [-0.2, 0) is 9.59 Å². The van der Waals surface area contributed by atoms with Crippen molar-refractivity contribution in [3.8, 4) is 5.75 Å². The molecule has 20 heavy (non-hydrogen) atoms. The number of phenols is 1. The Hall–Kier alpha value is -1.69. The molecule has 1 fully saturated rings. The van der Waals surface area contributed by atoms with Gasteiger partial charge in [-0.1, -0.05) is 0 Å². The SMILES string of the molecule is O=C(O)C1CCCCN1C(=O)CSc1ccc(O)cc1. The summed E-state index contributed by atoms with van der Waals surface area (Å²) in [6.07, 6.45) is 2.25. The molecule has 1 aromatic carbocycles. The minimum absolute atomic E-state index is 0.143. The fourth-order valence-electron chi connectivity index (χ4n) is 2.26. The molecule has 0 saturated carbocycles. The summed E-state index contributed by atoms with van der Waals surface area (Å²) >= 11 is 1.35. The van der Waals surface area contributed by atoms with Crippen LogP contribution in [0.5, 0.6) is 5.75 Å². The van der Waals surface area contributed by atoms with Gasteiger partial charge in [0, 0.05) is 11.4 Å². The Morgan fingerprint density at radius 1 is 1.25 bits per heavy atom. The van der Waals surface area contributed by atoms with Crippen LogP contribution < -0.4 is 0 Å². The predicted molar refractivity (Wildman–Crippen MR) is 75.8 cm³/mol. The number of hydrogen-bond acceptors (Lipinski definition) is 4. The van der Waals surface area contributed by atoms with Crippen LogP contribution in [-0.4, -0.2) is 45.3 Å². The maximum Gasteiger partial charge on any atom is 0.326 e. The third-order valence-electron chi connectivity index (χ3n) is 3.31.